The monoisotopic (exact) mass is 536 g/mol. The Morgan fingerprint density at radius 1 is 0.925 bits per heavy atom. The van der Waals surface area contributed by atoms with Crippen LogP contribution in [0.3, 0.4) is 0 Å². The van der Waals surface area contributed by atoms with Crippen molar-refractivity contribution in [1.82, 2.24) is 25.2 Å². The molecule has 202 valence electrons. The summed E-state index contributed by atoms with van der Waals surface area (Å²) in [5.74, 6) is 0.157. The largest absolute Gasteiger partial charge is 0.451 e. The molecule has 40 heavy (non-hydrogen) atoms. The molecule has 3 aromatic carbocycles. The number of benzene rings is 3. The van der Waals surface area contributed by atoms with Crippen molar-refractivity contribution < 1.29 is 19.1 Å². The van der Waals surface area contributed by atoms with E-state index in [1.54, 1.807) is 28.9 Å². The minimum atomic E-state index is -0.738. The molecule has 10 heteroatoms. The molecule has 2 heterocycles. The molecular formula is C30H28N6O4. The Morgan fingerprint density at radius 2 is 1.62 bits per heavy atom. The molecule has 0 saturated heterocycles. The van der Waals surface area contributed by atoms with Crippen molar-refractivity contribution in [2.24, 2.45) is 0 Å². The van der Waals surface area contributed by atoms with E-state index in [9.17, 15) is 9.59 Å². The highest BCUT2D eigenvalue weighted by atomic mass is 16.5. The molecule has 2 aromatic heterocycles. The van der Waals surface area contributed by atoms with E-state index in [2.05, 4.69) is 15.5 Å². The molecular weight excluding hydrogens is 508 g/mol. The number of amides is 2. The lowest BCUT2D eigenvalue weighted by Crippen LogP contribution is -2.47. The first-order valence-corrected chi connectivity index (χ1v) is 12.8. The Labute approximate surface area is 231 Å². The predicted molar refractivity (Wildman–Crippen MR) is 150 cm³/mol. The van der Waals surface area contributed by atoms with Gasteiger partial charge in [-0.15, -0.1) is 0 Å². The number of aryl methyl sites for hydroxylation is 1. The number of carbonyl (C=O) groups is 2. The van der Waals surface area contributed by atoms with Crippen molar-refractivity contribution in [1.29, 1.82) is 0 Å². The van der Waals surface area contributed by atoms with Crippen LogP contribution in [0.15, 0.2) is 91.3 Å². The molecule has 1 N–H and O–H groups in total. The van der Waals surface area contributed by atoms with E-state index in [-0.39, 0.29) is 13.2 Å². The number of hydrazine groups is 1. The highest BCUT2D eigenvalue weighted by Gasteiger charge is 2.26. The van der Waals surface area contributed by atoms with Gasteiger partial charge < -0.3 is 9.47 Å². The van der Waals surface area contributed by atoms with Gasteiger partial charge in [0, 0.05) is 23.1 Å². The van der Waals surface area contributed by atoms with Crippen LogP contribution in [-0.4, -0.2) is 38.9 Å². The number of nitrogens with one attached hydrogen (secondary N) is 1. The van der Waals surface area contributed by atoms with Crippen molar-refractivity contribution >= 4 is 28.6 Å². The molecule has 0 atom stereocenters. The zero-order valence-corrected chi connectivity index (χ0v) is 22.2. The number of anilines is 1. The number of pyridine rings is 1. The number of fused-ring (bicyclic) bond motifs is 1. The molecule has 0 aliphatic heterocycles. The molecule has 0 spiro atoms. The molecule has 0 radical (unpaired) electrons. The number of para-hydroxylation sites is 2. The number of nitrogens with zero attached hydrogens (tertiary/aromatic N) is 5. The van der Waals surface area contributed by atoms with Gasteiger partial charge in [-0.2, -0.15) is 10.1 Å². The summed E-state index contributed by atoms with van der Waals surface area (Å²) in [6, 6.07) is 25.7. The van der Waals surface area contributed by atoms with Gasteiger partial charge in [-0.25, -0.2) is 19.4 Å². The van der Waals surface area contributed by atoms with Crippen LogP contribution in [0.5, 0.6) is 0 Å². The lowest BCUT2D eigenvalue weighted by Gasteiger charge is -2.24. The summed E-state index contributed by atoms with van der Waals surface area (Å²) in [6.07, 6.45) is 0.747. The van der Waals surface area contributed by atoms with E-state index in [0.717, 1.165) is 10.6 Å². The zero-order valence-electron chi connectivity index (χ0n) is 22.2. The van der Waals surface area contributed by atoms with Gasteiger partial charge in [-0.05, 0) is 25.1 Å². The van der Waals surface area contributed by atoms with Crippen molar-refractivity contribution in [3.8, 4) is 11.3 Å². The standard InChI is InChI=1S/C30H28N6O4/c1-3-35-26(31-20-32-35)19-40-18-24-27(29(37)34-36(30(38)39-2)22-14-8-5-9-15-22)23-16-10-11-17-25(23)33-28(24)21-12-6-4-7-13-21/h4-17,20H,3,18-19H2,1-2H3,(H,34,37). The fraction of sp³-hybridized carbons (Fsp3) is 0.167. The SMILES string of the molecule is CCn1ncnc1COCc1c(-c2ccccc2)nc2ccccc2c1C(=O)NN(C(=O)OC)c1ccccc1. The number of rotatable bonds is 8. The summed E-state index contributed by atoms with van der Waals surface area (Å²) in [6.45, 7) is 2.88. The Balaban J connectivity index is 1.61. The maximum atomic E-state index is 14.1. The minimum Gasteiger partial charge on any atom is -0.451 e. The third-order valence-electron chi connectivity index (χ3n) is 6.33. The Bertz CT molecular complexity index is 1620. The minimum absolute atomic E-state index is 0.0605. The molecule has 5 aromatic rings. The average molecular weight is 537 g/mol. The van der Waals surface area contributed by atoms with Crippen LogP contribution in [0.4, 0.5) is 10.5 Å². The van der Waals surface area contributed by atoms with E-state index < -0.39 is 12.0 Å². The second-order valence-electron chi connectivity index (χ2n) is 8.76. The fourth-order valence-corrected chi connectivity index (χ4v) is 4.44. The van der Waals surface area contributed by atoms with Crippen LogP contribution in [0, 0.1) is 0 Å². The number of carbonyl (C=O) groups excluding carboxylic acids is 2. The number of methoxy groups -OCH3 is 1. The number of hydrogen-bond acceptors (Lipinski definition) is 7. The van der Waals surface area contributed by atoms with Gasteiger partial charge in [0.1, 0.15) is 12.9 Å². The number of ether oxygens (including phenoxy) is 2. The van der Waals surface area contributed by atoms with E-state index in [4.69, 9.17) is 14.5 Å². The summed E-state index contributed by atoms with van der Waals surface area (Å²) < 4.78 is 12.8. The van der Waals surface area contributed by atoms with E-state index in [1.807, 2.05) is 67.6 Å². The Hall–Kier alpha value is -5.09. The molecule has 10 nitrogen and oxygen atoms in total. The first kappa shape index (κ1) is 26.5. The van der Waals surface area contributed by atoms with E-state index in [1.165, 1.54) is 13.4 Å². The maximum absolute atomic E-state index is 14.1. The molecule has 0 aliphatic rings. The zero-order chi connectivity index (χ0) is 27.9. The summed E-state index contributed by atoms with van der Waals surface area (Å²) in [4.78, 5) is 36.0. The number of hydrogen-bond donors (Lipinski definition) is 1. The van der Waals surface area contributed by atoms with E-state index >= 15 is 0 Å². The first-order chi connectivity index (χ1) is 19.6. The first-order valence-electron chi connectivity index (χ1n) is 12.8. The summed E-state index contributed by atoms with van der Waals surface area (Å²) in [5.41, 5.74) is 6.16. The van der Waals surface area contributed by atoms with Crippen LogP contribution in [-0.2, 0) is 29.2 Å². The van der Waals surface area contributed by atoms with Gasteiger partial charge in [0.05, 0.1) is 36.2 Å². The van der Waals surface area contributed by atoms with Gasteiger partial charge in [-0.3, -0.25) is 10.2 Å². The molecule has 0 fully saturated rings. The quantitative estimate of drug-likeness (QED) is 0.273. The molecule has 0 aliphatic carbocycles. The molecule has 5 rings (SSSR count). The van der Waals surface area contributed by atoms with Gasteiger partial charge in [-0.1, -0.05) is 66.7 Å². The topological polar surface area (TPSA) is 111 Å². The van der Waals surface area contributed by atoms with Gasteiger partial charge >= 0.3 is 6.09 Å². The average Bonchev–Trinajstić information content (AvgIpc) is 3.47. The normalized spacial score (nSPS) is 10.8. The molecule has 0 saturated carbocycles. The van der Waals surface area contributed by atoms with Crippen molar-refractivity contribution in [3.05, 3.63) is 108 Å². The summed E-state index contributed by atoms with van der Waals surface area (Å²) >= 11 is 0. The smallest absolute Gasteiger partial charge is 0.433 e. The molecule has 0 bridgehead atoms. The van der Waals surface area contributed by atoms with Crippen molar-refractivity contribution in [2.45, 2.75) is 26.7 Å². The van der Waals surface area contributed by atoms with Gasteiger partial charge in [0.15, 0.2) is 5.82 Å². The fourth-order valence-electron chi connectivity index (χ4n) is 4.44. The van der Waals surface area contributed by atoms with Crippen LogP contribution < -0.4 is 10.4 Å². The van der Waals surface area contributed by atoms with Gasteiger partial charge in [0.25, 0.3) is 5.91 Å². The summed E-state index contributed by atoms with van der Waals surface area (Å²) in [7, 11) is 1.26. The van der Waals surface area contributed by atoms with Crippen LogP contribution in [0.2, 0.25) is 0 Å². The second-order valence-corrected chi connectivity index (χ2v) is 8.76. The third-order valence-corrected chi connectivity index (χ3v) is 6.33. The number of aromatic nitrogens is 4. The highest BCUT2D eigenvalue weighted by Crippen LogP contribution is 2.31. The maximum Gasteiger partial charge on any atom is 0.433 e. The highest BCUT2D eigenvalue weighted by molar-refractivity contribution is 6.10. The Kier molecular flexibility index (Phi) is 8.07. The lowest BCUT2D eigenvalue weighted by molar-refractivity contribution is 0.0903. The molecule has 2 amide bonds. The lowest BCUT2D eigenvalue weighted by atomic mass is 9.96. The van der Waals surface area contributed by atoms with E-state index in [0.29, 0.717) is 45.8 Å². The van der Waals surface area contributed by atoms with Crippen molar-refractivity contribution in [3.63, 3.8) is 0 Å². The van der Waals surface area contributed by atoms with Crippen LogP contribution in [0.25, 0.3) is 22.2 Å². The molecule has 0 unspecified atom stereocenters. The van der Waals surface area contributed by atoms with Crippen LogP contribution in [0.1, 0.15) is 28.7 Å². The van der Waals surface area contributed by atoms with Gasteiger partial charge in [0.2, 0.25) is 0 Å². The second kappa shape index (κ2) is 12.2. The van der Waals surface area contributed by atoms with Crippen LogP contribution >= 0.6 is 0 Å². The van der Waals surface area contributed by atoms with Crippen molar-refractivity contribution in [2.75, 3.05) is 12.1 Å². The summed E-state index contributed by atoms with van der Waals surface area (Å²) in [5, 5.41) is 5.89. The third kappa shape index (κ3) is 5.52. The predicted octanol–water partition coefficient (Wildman–Crippen LogP) is 5.15. The Morgan fingerprint density at radius 3 is 2.35 bits per heavy atom.